The summed E-state index contributed by atoms with van der Waals surface area (Å²) in [5.74, 6) is -2.10. The second-order valence-electron chi connectivity index (χ2n) is 9.01. The van der Waals surface area contributed by atoms with E-state index in [0.717, 1.165) is 18.4 Å². The van der Waals surface area contributed by atoms with Crippen molar-refractivity contribution >= 4 is 23.6 Å². The summed E-state index contributed by atoms with van der Waals surface area (Å²) in [5.41, 5.74) is 0.764. The Hall–Kier alpha value is -2.80. The first-order valence-electron chi connectivity index (χ1n) is 11.6. The number of rotatable bonds is 7. The van der Waals surface area contributed by atoms with E-state index in [1.165, 1.54) is 6.08 Å². The van der Waals surface area contributed by atoms with E-state index in [0.29, 0.717) is 0 Å². The fourth-order valence-electron chi connectivity index (χ4n) is 4.16. The highest BCUT2D eigenvalue weighted by atomic mass is 16.5. The quantitative estimate of drug-likeness (QED) is 0.345. The van der Waals surface area contributed by atoms with Gasteiger partial charge in [0.05, 0.1) is 6.10 Å². The first-order valence-corrected chi connectivity index (χ1v) is 11.6. The predicted molar refractivity (Wildman–Crippen MR) is 125 cm³/mol. The molecule has 0 saturated carbocycles. The van der Waals surface area contributed by atoms with Crippen LogP contribution in [0, 0.1) is 17.8 Å². The number of cyclic esters (lactones) is 1. The number of piperidine rings is 1. The molecule has 1 saturated heterocycles. The molecular weight excluding hydrogens is 422 g/mol. The monoisotopic (exact) mass is 457 g/mol. The molecule has 2 N–H and O–H groups in total. The molecule has 2 amide bonds. The molecule has 0 aromatic rings. The van der Waals surface area contributed by atoms with Gasteiger partial charge < -0.3 is 9.84 Å². The summed E-state index contributed by atoms with van der Waals surface area (Å²) in [7, 11) is 0. The van der Waals surface area contributed by atoms with E-state index in [4.69, 9.17) is 4.74 Å². The molecule has 0 unspecified atom stereocenters. The van der Waals surface area contributed by atoms with Crippen molar-refractivity contribution in [1.29, 1.82) is 0 Å². The summed E-state index contributed by atoms with van der Waals surface area (Å²) >= 11 is 0. The zero-order valence-electron chi connectivity index (χ0n) is 19.7. The smallest absolute Gasteiger partial charge is 0.331 e. The zero-order valence-corrected chi connectivity index (χ0v) is 19.7. The normalized spacial score (nSPS) is 27.9. The molecule has 2 aliphatic rings. The lowest BCUT2D eigenvalue weighted by Gasteiger charge is -2.24. The van der Waals surface area contributed by atoms with Crippen molar-refractivity contribution in [2.24, 2.45) is 17.8 Å². The Bertz CT molecular complexity index is 837. The maximum Gasteiger partial charge on any atom is 0.331 e. The lowest BCUT2D eigenvalue weighted by Crippen LogP contribution is -2.39. The van der Waals surface area contributed by atoms with Gasteiger partial charge in [0.2, 0.25) is 11.8 Å². The number of imide groups is 1. The summed E-state index contributed by atoms with van der Waals surface area (Å²) in [5, 5.41) is 12.6. The number of amides is 2. The zero-order chi connectivity index (χ0) is 24.4. The molecule has 0 spiro atoms. The van der Waals surface area contributed by atoms with Crippen LogP contribution in [0.3, 0.4) is 0 Å². The average molecular weight is 458 g/mol. The largest absolute Gasteiger partial charge is 0.454 e. The first kappa shape index (κ1) is 26.5. The Balaban J connectivity index is 2.01. The van der Waals surface area contributed by atoms with Crippen LogP contribution in [0.5, 0.6) is 0 Å². The number of hydrogen-bond acceptors (Lipinski definition) is 6. The standard InChI is InChI=1S/C26H35NO6/c1-17-10-8-6-4-5-7-9-11-25(32)33-26(17)19(3)12-18(2)22(29)16-21(28)13-20-14-23(30)27-24(31)15-20/h4,6,8-12,17-18,20-21,26,28H,5,7,13-16H2,1-3H3,(H,27,30,31)/b6-4+,10-8-,11-9+,19-12+/t17-,18-,21-,26+/m0/s1. The van der Waals surface area contributed by atoms with Gasteiger partial charge >= 0.3 is 5.97 Å². The summed E-state index contributed by atoms with van der Waals surface area (Å²) in [6.07, 6.45) is 13.6. The molecule has 4 atom stereocenters. The summed E-state index contributed by atoms with van der Waals surface area (Å²) in [4.78, 5) is 47.9. The third kappa shape index (κ3) is 9.30. The molecule has 2 aliphatic heterocycles. The van der Waals surface area contributed by atoms with Crippen LogP contribution < -0.4 is 5.32 Å². The minimum Gasteiger partial charge on any atom is -0.454 e. The number of esters is 1. The van der Waals surface area contributed by atoms with Crippen molar-refractivity contribution in [2.45, 2.75) is 71.5 Å². The number of allylic oxidation sites excluding steroid dienone is 5. The molecular formula is C26H35NO6. The molecule has 0 aliphatic carbocycles. The number of nitrogens with one attached hydrogen (secondary N) is 1. The Morgan fingerprint density at radius 2 is 1.85 bits per heavy atom. The van der Waals surface area contributed by atoms with Crippen molar-refractivity contribution in [3.05, 3.63) is 48.1 Å². The number of aliphatic hydroxyl groups is 1. The molecule has 7 nitrogen and oxygen atoms in total. The Kier molecular flexibility index (Phi) is 10.5. The van der Waals surface area contributed by atoms with Gasteiger partial charge in [0, 0.05) is 37.2 Å². The van der Waals surface area contributed by atoms with E-state index < -0.39 is 24.1 Å². The minimum absolute atomic E-state index is 0.0648. The number of Topliss-reactive ketones (excluding diaryl/α,β-unsaturated/α-hetero) is 1. The van der Waals surface area contributed by atoms with Crippen LogP contribution in [-0.2, 0) is 23.9 Å². The highest BCUT2D eigenvalue weighted by molar-refractivity contribution is 5.97. The Morgan fingerprint density at radius 1 is 1.18 bits per heavy atom. The van der Waals surface area contributed by atoms with Crippen molar-refractivity contribution < 1.29 is 29.0 Å². The lowest BCUT2D eigenvalue weighted by atomic mass is 9.88. The van der Waals surface area contributed by atoms with E-state index >= 15 is 0 Å². The third-order valence-electron chi connectivity index (χ3n) is 5.88. The number of ketones is 1. The molecule has 0 aromatic heterocycles. The van der Waals surface area contributed by atoms with Crippen molar-refractivity contribution in [1.82, 2.24) is 5.32 Å². The molecule has 0 bridgehead atoms. The maximum atomic E-state index is 12.7. The molecule has 33 heavy (non-hydrogen) atoms. The summed E-state index contributed by atoms with van der Waals surface area (Å²) in [6.45, 7) is 5.53. The molecule has 0 radical (unpaired) electrons. The van der Waals surface area contributed by atoms with Gasteiger partial charge in [-0.3, -0.25) is 19.7 Å². The van der Waals surface area contributed by atoms with Crippen molar-refractivity contribution in [3.8, 4) is 0 Å². The average Bonchev–Trinajstić information content (AvgIpc) is 2.71. The van der Waals surface area contributed by atoms with E-state index in [2.05, 4.69) is 5.32 Å². The van der Waals surface area contributed by atoms with Crippen LogP contribution in [0.1, 0.15) is 59.3 Å². The fourth-order valence-corrected chi connectivity index (χ4v) is 4.16. The lowest BCUT2D eigenvalue weighted by molar-refractivity contribution is -0.142. The van der Waals surface area contributed by atoms with Crippen LogP contribution in [0.15, 0.2) is 48.1 Å². The maximum absolute atomic E-state index is 12.7. The third-order valence-corrected chi connectivity index (χ3v) is 5.88. The van der Waals surface area contributed by atoms with Crippen molar-refractivity contribution in [2.75, 3.05) is 0 Å². The molecule has 2 heterocycles. The molecule has 0 aromatic carbocycles. The highest BCUT2D eigenvalue weighted by Crippen LogP contribution is 2.24. The fraction of sp³-hybridized carbons (Fsp3) is 0.538. The van der Waals surface area contributed by atoms with Crippen molar-refractivity contribution in [3.63, 3.8) is 0 Å². The van der Waals surface area contributed by atoms with Crippen LogP contribution >= 0.6 is 0 Å². The summed E-state index contributed by atoms with van der Waals surface area (Å²) in [6, 6.07) is 0. The number of carbonyl (C=O) groups is 4. The Labute approximate surface area is 195 Å². The van der Waals surface area contributed by atoms with Gasteiger partial charge in [0.25, 0.3) is 0 Å². The highest BCUT2D eigenvalue weighted by Gasteiger charge is 2.28. The van der Waals surface area contributed by atoms with E-state index in [1.54, 1.807) is 19.1 Å². The van der Waals surface area contributed by atoms with E-state index in [-0.39, 0.29) is 55.1 Å². The van der Waals surface area contributed by atoms with Gasteiger partial charge in [-0.2, -0.15) is 0 Å². The van der Waals surface area contributed by atoms with Crippen LogP contribution in [-0.4, -0.2) is 40.9 Å². The first-order chi connectivity index (χ1) is 15.7. The Morgan fingerprint density at radius 3 is 2.55 bits per heavy atom. The second-order valence-corrected chi connectivity index (χ2v) is 9.01. The number of aliphatic hydroxyl groups excluding tert-OH is 1. The van der Waals surface area contributed by atoms with Crippen LogP contribution in [0.25, 0.3) is 0 Å². The van der Waals surface area contributed by atoms with E-state index in [9.17, 15) is 24.3 Å². The van der Waals surface area contributed by atoms with Crippen LogP contribution in [0.4, 0.5) is 0 Å². The van der Waals surface area contributed by atoms with Gasteiger partial charge in [-0.15, -0.1) is 0 Å². The number of ether oxygens (including phenoxy) is 1. The number of carbonyl (C=O) groups excluding carboxylic acids is 4. The van der Waals surface area contributed by atoms with Gasteiger partial charge in [-0.05, 0) is 37.7 Å². The van der Waals surface area contributed by atoms with Crippen LogP contribution in [0.2, 0.25) is 0 Å². The SMILES string of the molecule is C/C(=C\[C@H](C)C(=O)C[C@@H](O)CC1CC(=O)NC(=O)C1)[C@@H]1OC(=O)/C=C/CC/C=C/C=C\[C@@H]1C. The summed E-state index contributed by atoms with van der Waals surface area (Å²) < 4.78 is 5.68. The second kappa shape index (κ2) is 13.0. The predicted octanol–water partition coefficient (Wildman–Crippen LogP) is 3.34. The van der Waals surface area contributed by atoms with Gasteiger partial charge in [0.1, 0.15) is 11.9 Å². The van der Waals surface area contributed by atoms with Gasteiger partial charge in [0.15, 0.2) is 0 Å². The van der Waals surface area contributed by atoms with Gasteiger partial charge in [-0.25, -0.2) is 4.79 Å². The van der Waals surface area contributed by atoms with E-state index in [1.807, 2.05) is 38.2 Å². The minimum atomic E-state index is -0.921. The molecule has 180 valence electrons. The molecule has 2 rings (SSSR count). The molecule has 1 fully saturated rings. The number of hydrogen-bond donors (Lipinski definition) is 2. The van der Waals surface area contributed by atoms with Gasteiger partial charge in [-0.1, -0.05) is 50.3 Å². The topological polar surface area (TPSA) is 110 Å². The molecule has 7 heteroatoms.